The van der Waals surface area contributed by atoms with Gasteiger partial charge in [0.1, 0.15) is 10.5 Å². The van der Waals surface area contributed by atoms with Crippen LogP contribution < -0.4 is 11.5 Å². The average Bonchev–Trinajstić information content (AvgIpc) is 3.37. The van der Waals surface area contributed by atoms with Crippen molar-refractivity contribution < 1.29 is 4.79 Å². The van der Waals surface area contributed by atoms with Gasteiger partial charge in [0, 0.05) is 23.6 Å². The summed E-state index contributed by atoms with van der Waals surface area (Å²) in [6.45, 7) is 0. The second-order valence-electron chi connectivity index (χ2n) is 7.30. The van der Waals surface area contributed by atoms with Crippen LogP contribution in [0.3, 0.4) is 0 Å². The minimum Gasteiger partial charge on any atom is -0.397 e. The molecular formula is C23H19N7OS2. The third kappa shape index (κ3) is 3.83. The Morgan fingerprint density at radius 1 is 0.970 bits per heavy atom. The Morgan fingerprint density at radius 3 is 2.30 bits per heavy atom. The summed E-state index contributed by atoms with van der Waals surface area (Å²) in [5, 5.41) is 19.0. The van der Waals surface area contributed by atoms with Crippen LogP contribution in [0.5, 0.6) is 0 Å². The number of thioether (sulfide) groups is 1. The number of nitrogens with zero attached hydrogens (tertiary/aromatic N) is 5. The van der Waals surface area contributed by atoms with E-state index in [9.17, 15) is 4.79 Å². The van der Waals surface area contributed by atoms with Crippen molar-refractivity contribution in [3.05, 3.63) is 60.7 Å². The number of thiophene rings is 1. The lowest BCUT2D eigenvalue weighted by atomic mass is 9.96. The van der Waals surface area contributed by atoms with E-state index in [-0.39, 0.29) is 5.75 Å². The number of amides is 1. The second-order valence-corrected chi connectivity index (χ2v) is 9.24. The van der Waals surface area contributed by atoms with E-state index in [0.29, 0.717) is 16.7 Å². The molecule has 0 fully saturated rings. The van der Waals surface area contributed by atoms with Gasteiger partial charge in [-0.2, -0.15) is 0 Å². The standard InChI is InChI=1S/C23H19N7OS2/c1-30-21(27-29-23(30)32-12-15(24)31)20-18(25)17-16(13-8-4-2-5-9-13)19(26-28-22(17)33-20)14-10-6-3-7-11-14/h2-11H,12,25H2,1H3,(H2,24,31). The summed E-state index contributed by atoms with van der Waals surface area (Å²) in [5.41, 5.74) is 16.2. The molecule has 0 aliphatic carbocycles. The fourth-order valence-corrected chi connectivity index (χ4v) is 5.35. The summed E-state index contributed by atoms with van der Waals surface area (Å²) in [5.74, 6) is 0.308. The minimum absolute atomic E-state index is 0.123. The number of hydrogen-bond acceptors (Lipinski definition) is 8. The van der Waals surface area contributed by atoms with Crippen molar-refractivity contribution >= 4 is 44.9 Å². The number of carbonyl (C=O) groups is 1. The van der Waals surface area contributed by atoms with Gasteiger partial charge in [0.15, 0.2) is 11.0 Å². The quantitative estimate of drug-likeness (QED) is 0.357. The molecule has 10 heteroatoms. The van der Waals surface area contributed by atoms with Crippen LogP contribution in [0, 0.1) is 0 Å². The number of nitrogen functional groups attached to an aromatic ring is 1. The van der Waals surface area contributed by atoms with Gasteiger partial charge in [0.05, 0.1) is 16.3 Å². The summed E-state index contributed by atoms with van der Waals surface area (Å²) in [7, 11) is 1.83. The molecule has 33 heavy (non-hydrogen) atoms. The van der Waals surface area contributed by atoms with Crippen molar-refractivity contribution in [3.63, 3.8) is 0 Å². The molecule has 2 aromatic carbocycles. The zero-order chi connectivity index (χ0) is 22.9. The molecule has 0 aliphatic rings. The van der Waals surface area contributed by atoms with E-state index < -0.39 is 5.91 Å². The first-order chi connectivity index (χ1) is 16.0. The fourth-order valence-electron chi connectivity index (χ4n) is 3.63. The smallest absolute Gasteiger partial charge is 0.227 e. The number of carbonyl (C=O) groups excluding carboxylic acids is 1. The molecule has 0 aliphatic heterocycles. The SMILES string of the molecule is Cn1c(SCC(N)=O)nnc1-c1sc2nnc(-c3ccccc3)c(-c3ccccc3)c2c1N. The number of hydrogen-bond donors (Lipinski definition) is 2. The number of nitrogens with two attached hydrogens (primary N) is 2. The van der Waals surface area contributed by atoms with E-state index in [4.69, 9.17) is 11.5 Å². The van der Waals surface area contributed by atoms with E-state index in [1.165, 1.54) is 23.1 Å². The molecule has 4 N–H and O–H groups in total. The van der Waals surface area contributed by atoms with Gasteiger partial charge < -0.3 is 16.0 Å². The van der Waals surface area contributed by atoms with Crippen molar-refractivity contribution in [2.75, 3.05) is 11.5 Å². The Balaban J connectivity index is 1.73. The summed E-state index contributed by atoms with van der Waals surface area (Å²) < 4.78 is 1.81. The van der Waals surface area contributed by atoms with Gasteiger partial charge in [0.2, 0.25) is 5.91 Å². The molecular weight excluding hydrogens is 454 g/mol. The molecule has 3 heterocycles. The molecule has 0 bridgehead atoms. The molecule has 0 atom stereocenters. The third-order valence-electron chi connectivity index (χ3n) is 5.15. The molecule has 5 rings (SSSR count). The normalized spacial score (nSPS) is 11.2. The fraction of sp³-hybridized carbons (Fsp3) is 0.0870. The maximum atomic E-state index is 11.2. The van der Waals surface area contributed by atoms with E-state index in [1.807, 2.05) is 72.3 Å². The Hall–Kier alpha value is -3.76. The molecule has 5 aromatic rings. The predicted octanol–water partition coefficient (Wildman–Crippen LogP) is 3.98. The molecule has 0 saturated carbocycles. The molecule has 1 amide bonds. The summed E-state index contributed by atoms with van der Waals surface area (Å²) in [6, 6.07) is 20.0. The lowest BCUT2D eigenvalue weighted by molar-refractivity contribution is -0.115. The molecule has 0 saturated heterocycles. The number of aromatic nitrogens is 5. The number of benzene rings is 2. The van der Waals surface area contributed by atoms with Crippen LogP contribution in [0.1, 0.15) is 0 Å². The Morgan fingerprint density at radius 2 is 1.64 bits per heavy atom. The largest absolute Gasteiger partial charge is 0.397 e. The predicted molar refractivity (Wildman–Crippen MR) is 133 cm³/mol. The van der Waals surface area contributed by atoms with Gasteiger partial charge in [0.25, 0.3) is 0 Å². The number of fused-ring (bicyclic) bond motifs is 1. The molecule has 0 radical (unpaired) electrons. The van der Waals surface area contributed by atoms with Crippen LogP contribution in [0.15, 0.2) is 65.8 Å². The first-order valence-electron chi connectivity index (χ1n) is 10.0. The highest BCUT2D eigenvalue weighted by molar-refractivity contribution is 7.99. The second kappa shape index (κ2) is 8.64. The number of primary amides is 1. The lowest BCUT2D eigenvalue weighted by Crippen LogP contribution is -2.13. The van der Waals surface area contributed by atoms with Gasteiger partial charge in [-0.15, -0.1) is 31.7 Å². The first kappa shape index (κ1) is 21.1. The highest BCUT2D eigenvalue weighted by Crippen LogP contribution is 2.46. The van der Waals surface area contributed by atoms with Gasteiger partial charge in [-0.05, 0) is 5.56 Å². The van der Waals surface area contributed by atoms with Crippen molar-refractivity contribution in [2.24, 2.45) is 12.8 Å². The monoisotopic (exact) mass is 473 g/mol. The molecule has 164 valence electrons. The van der Waals surface area contributed by atoms with Crippen LogP contribution in [0.2, 0.25) is 0 Å². The third-order valence-corrected chi connectivity index (χ3v) is 7.27. The zero-order valence-corrected chi connectivity index (χ0v) is 19.2. The Kier molecular flexibility index (Phi) is 5.53. The minimum atomic E-state index is -0.415. The van der Waals surface area contributed by atoms with Crippen molar-refractivity contribution in [1.29, 1.82) is 0 Å². The van der Waals surface area contributed by atoms with Gasteiger partial charge in [-0.25, -0.2) is 0 Å². The van der Waals surface area contributed by atoms with Gasteiger partial charge in [-0.3, -0.25) is 4.79 Å². The maximum Gasteiger partial charge on any atom is 0.227 e. The van der Waals surface area contributed by atoms with Crippen LogP contribution in [0.25, 0.3) is 43.3 Å². The molecule has 0 spiro atoms. The summed E-state index contributed by atoms with van der Waals surface area (Å²) in [4.78, 5) is 12.6. The number of rotatable bonds is 6. The van der Waals surface area contributed by atoms with E-state index >= 15 is 0 Å². The van der Waals surface area contributed by atoms with Crippen LogP contribution in [-0.4, -0.2) is 36.6 Å². The average molecular weight is 474 g/mol. The van der Waals surface area contributed by atoms with E-state index in [0.717, 1.165) is 37.5 Å². The van der Waals surface area contributed by atoms with Gasteiger partial charge in [-0.1, -0.05) is 72.4 Å². The first-order valence-corrected chi connectivity index (χ1v) is 11.8. The van der Waals surface area contributed by atoms with Crippen LogP contribution in [0.4, 0.5) is 5.69 Å². The van der Waals surface area contributed by atoms with Crippen molar-refractivity contribution in [2.45, 2.75) is 5.16 Å². The molecule has 3 aromatic heterocycles. The van der Waals surface area contributed by atoms with Crippen molar-refractivity contribution in [3.8, 4) is 33.1 Å². The van der Waals surface area contributed by atoms with Crippen LogP contribution >= 0.6 is 23.1 Å². The Labute approximate surface area is 197 Å². The van der Waals surface area contributed by atoms with E-state index in [2.05, 4.69) is 20.4 Å². The van der Waals surface area contributed by atoms with Crippen LogP contribution in [-0.2, 0) is 11.8 Å². The highest BCUT2D eigenvalue weighted by Gasteiger charge is 2.24. The number of anilines is 1. The van der Waals surface area contributed by atoms with E-state index in [1.54, 1.807) is 0 Å². The van der Waals surface area contributed by atoms with Crippen molar-refractivity contribution in [1.82, 2.24) is 25.0 Å². The Bertz CT molecular complexity index is 1460. The maximum absolute atomic E-state index is 11.2. The topological polar surface area (TPSA) is 126 Å². The highest BCUT2D eigenvalue weighted by atomic mass is 32.2. The summed E-state index contributed by atoms with van der Waals surface area (Å²) in [6.07, 6.45) is 0. The summed E-state index contributed by atoms with van der Waals surface area (Å²) >= 11 is 2.65. The molecule has 0 unspecified atom stereocenters. The molecule has 8 nitrogen and oxygen atoms in total. The lowest BCUT2D eigenvalue weighted by Gasteiger charge is -2.11. The zero-order valence-electron chi connectivity index (χ0n) is 17.6. The van der Waals surface area contributed by atoms with Gasteiger partial charge >= 0.3 is 0 Å².